The van der Waals surface area contributed by atoms with Gasteiger partial charge in [-0.05, 0) is 19.3 Å². The maximum absolute atomic E-state index is 5.51. The van der Waals surface area contributed by atoms with Crippen molar-refractivity contribution in [3.8, 4) is 5.88 Å². The van der Waals surface area contributed by atoms with Gasteiger partial charge in [0.05, 0.1) is 6.61 Å². The van der Waals surface area contributed by atoms with Crippen LogP contribution in [-0.2, 0) is 0 Å². The molecule has 1 aromatic heterocycles. The van der Waals surface area contributed by atoms with E-state index < -0.39 is 0 Å². The number of rotatable bonds is 6. The van der Waals surface area contributed by atoms with E-state index in [2.05, 4.69) is 29.1 Å². The van der Waals surface area contributed by atoms with Crippen LogP contribution in [-0.4, -0.2) is 23.1 Å². The molecular formula is C11H19N3O. The van der Waals surface area contributed by atoms with E-state index in [-0.39, 0.29) is 0 Å². The van der Waals surface area contributed by atoms with Crippen molar-refractivity contribution in [2.24, 2.45) is 5.92 Å². The van der Waals surface area contributed by atoms with Gasteiger partial charge in [-0.15, -0.1) is 0 Å². The van der Waals surface area contributed by atoms with Crippen molar-refractivity contribution in [3.63, 3.8) is 0 Å². The highest BCUT2D eigenvalue weighted by Crippen LogP contribution is 2.11. The van der Waals surface area contributed by atoms with Crippen LogP contribution in [0.15, 0.2) is 12.4 Å². The lowest BCUT2D eigenvalue weighted by Gasteiger charge is -2.08. The molecule has 0 amide bonds. The van der Waals surface area contributed by atoms with Crippen LogP contribution in [0, 0.1) is 5.92 Å². The maximum Gasteiger partial charge on any atom is 0.218 e. The van der Waals surface area contributed by atoms with E-state index in [9.17, 15) is 0 Å². The van der Waals surface area contributed by atoms with Crippen LogP contribution in [0.5, 0.6) is 5.88 Å². The Kier molecular flexibility index (Phi) is 4.87. The Balaban J connectivity index is 2.43. The van der Waals surface area contributed by atoms with Crippen LogP contribution in [0.2, 0.25) is 0 Å². The lowest BCUT2D eigenvalue weighted by atomic mass is 10.1. The second kappa shape index (κ2) is 6.22. The van der Waals surface area contributed by atoms with Gasteiger partial charge in [0, 0.05) is 12.6 Å². The van der Waals surface area contributed by atoms with Crippen molar-refractivity contribution in [2.75, 3.05) is 18.5 Å². The Morgan fingerprint density at radius 3 is 2.87 bits per heavy atom. The Labute approximate surface area is 91.1 Å². The average Bonchev–Trinajstić information content (AvgIpc) is 2.18. The summed E-state index contributed by atoms with van der Waals surface area (Å²) >= 11 is 0. The van der Waals surface area contributed by atoms with Crippen molar-refractivity contribution in [1.82, 2.24) is 9.97 Å². The smallest absolute Gasteiger partial charge is 0.218 e. The molecule has 4 heteroatoms. The minimum absolute atomic E-state index is 0.640. The van der Waals surface area contributed by atoms with E-state index in [0.29, 0.717) is 18.4 Å². The third kappa shape index (κ3) is 4.63. The number of anilines is 1. The maximum atomic E-state index is 5.51. The first-order valence-electron chi connectivity index (χ1n) is 5.41. The zero-order valence-corrected chi connectivity index (χ0v) is 9.66. The summed E-state index contributed by atoms with van der Waals surface area (Å²) in [5.74, 6) is 2.11. The van der Waals surface area contributed by atoms with Crippen LogP contribution in [0.4, 0.5) is 5.82 Å². The van der Waals surface area contributed by atoms with Crippen LogP contribution < -0.4 is 10.1 Å². The van der Waals surface area contributed by atoms with Crippen LogP contribution in [0.3, 0.4) is 0 Å². The minimum atomic E-state index is 0.640. The summed E-state index contributed by atoms with van der Waals surface area (Å²) in [5, 5.41) is 3.12. The number of hydrogen-bond acceptors (Lipinski definition) is 4. The van der Waals surface area contributed by atoms with E-state index in [1.54, 1.807) is 0 Å². The highest BCUT2D eigenvalue weighted by atomic mass is 16.5. The summed E-state index contributed by atoms with van der Waals surface area (Å²) in [6.07, 6.45) is 2.56. The summed E-state index contributed by atoms with van der Waals surface area (Å²) in [5.41, 5.74) is 0. The molecule has 0 bridgehead atoms. The van der Waals surface area contributed by atoms with Crippen molar-refractivity contribution in [2.45, 2.75) is 27.2 Å². The zero-order chi connectivity index (χ0) is 11.1. The number of hydrogen-bond donors (Lipinski definition) is 1. The standard InChI is InChI=1S/C11H19N3O/c1-4-12-10-7-11(14-8-13-10)15-6-5-9(2)3/h7-9H,4-6H2,1-3H3,(H,12,13,14). The van der Waals surface area contributed by atoms with Gasteiger partial charge in [0.25, 0.3) is 0 Å². The first kappa shape index (κ1) is 11.8. The molecule has 0 aliphatic rings. The fourth-order valence-electron chi connectivity index (χ4n) is 1.10. The molecule has 0 atom stereocenters. The largest absolute Gasteiger partial charge is 0.478 e. The predicted molar refractivity (Wildman–Crippen MR) is 61.1 cm³/mol. The molecule has 1 rings (SSSR count). The fourth-order valence-corrected chi connectivity index (χ4v) is 1.10. The third-order valence-electron chi connectivity index (χ3n) is 1.95. The number of nitrogens with zero attached hydrogens (tertiary/aromatic N) is 2. The lowest BCUT2D eigenvalue weighted by molar-refractivity contribution is 0.279. The summed E-state index contributed by atoms with van der Waals surface area (Å²) < 4.78 is 5.51. The molecule has 15 heavy (non-hydrogen) atoms. The van der Waals surface area contributed by atoms with Crippen molar-refractivity contribution in [3.05, 3.63) is 12.4 Å². The van der Waals surface area contributed by atoms with Gasteiger partial charge in [0.1, 0.15) is 12.1 Å². The summed E-state index contributed by atoms with van der Waals surface area (Å²) in [4.78, 5) is 8.12. The SMILES string of the molecule is CCNc1cc(OCCC(C)C)ncn1. The second-order valence-electron chi connectivity index (χ2n) is 3.80. The van der Waals surface area contributed by atoms with E-state index in [1.807, 2.05) is 13.0 Å². The highest BCUT2D eigenvalue weighted by Gasteiger charge is 1.99. The second-order valence-corrected chi connectivity index (χ2v) is 3.80. The van der Waals surface area contributed by atoms with Crippen LogP contribution >= 0.6 is 0 Å². The van der Waals surface area contributed by atoms with Crippen molar-refractivity contribution < 1.29 is 4.74 Å². The van der Waals surface area contributed by atoms with Crippen LogP contribution in [0.1, 0.15) is 27.2 Å². The van der Waals surface area contributed by atoms with E-state index in [1.165, 1.54) is 6.33 Å². The number of aromatic nitrogens is 2. The fraction of sp³-hybridized carbons (Fsp3) is 0.636. The van der Waals surface area contributed by atoms with E-state index in [0.717, 1.165) is 18.8 Å². The van der Waals surface area contributed by atoms with Gasteiger partial charge in [0.15, 0.2) is 0 Å². The van der Waals surface area contributed by atoms with Gasteiger partial charge in [-0.25, -0.2) is 9.97 Å². The molecule has 0 fully saturated rings. The van der Waals surface area contributed by atoms with Gasteiger partial charge in [-0.3, -0.25) is 0 Å². The third-order valence-corrected chi connectivity index (χ3v) is 1.95. The molecule has 0 unspecified atom stereocenters. The van der Waals surface area contributed by atoms with Crippen molar-refractivity contribution >= 4 is 5.82 Å². The van der Waals surface area contributed by atoms with Gasteiger partial charge in [-0.2, -0.15) is 0 Å². The minimum Gasteiger partial charge on any atom is -0.478 e. The Bertz CT molecular complexity index is 289. The van der Waals surface area contributed by atoms with Gasteiger partial charge in [0.2, 0.25) is 5.88 Å². The predicted octanol–water partition coefficient (Wildman–Crippen LogP) is 2.33. The molecule has 0 spiro atoms. The quantitative estimate of drug-likeness (QED) is 0.781. The lowest BCUT2D eigenvalue weighted by Crippen LogP contribution is -2.04. The summed E-state index contributed by atoms with van der Waals surface area (Å²) in [6.45, 7) is 7.94. The van der Waals surface area contributed by atoms with E-state index in [4.69, 9.17) is 4.74 Å². The molecule has 1 N–H and O–H groups in total. The molecule has 0 aliphatic heterocycles. The Morgan fingerprint density at radius 1 is 1.40 bits per heavy atom. The average molecular weight is 209 g/mol. The molecule has 1 aromatic rings. The molecule has 4 nitrogen and oxygen atoms in total. The summed E-state index contributed by atoms with van der Waals surface area (Å²) in [7, 11) is 0. The first-order valence-corrected chi connectivity index (χ1v) is 5.41. The molecular weight excluding hydrogens is 190 g/mol. The van der Waals surface area contributed by atoms with Gasteiger partial charge < -0.3 is 10.1 Å². The van der Waals surface area contributed by atoms with E-state index >= 15 is 0 Å². The van der Waals surface area contributed by atoms with Gasteiger partial charge in [-0.1, -0.05) is 13.8 Å². The molecule has 84 valence electrons. The number of nitrogens with one attached hydrogen (secondary N) is 1. The molecule has 0 aliphatic carbocycles. The monoisotopic (exact) mass is 209 g/mol. The Hall–Kier alpha value is -1.32. The molecule has 1 heterocycles. The zero-order valence-electron chi connectivity index (χ0n) is 9.66. The Morgan fingerprint density at radius 2 is 2.20 bits per heavy atom. The number of ether oxygens (including phenoxy) is 1. The molecule has 0 radical (unpaired) electrons. The van der Waals surface area contributed by atoms with Gasteiger partial charge >= 0.3 is 0 Å². The topological polar surface area (TPSA) is 47.0 Å². The summed E-state index contributed by atoms with van der Waals surface area (Å²) in [6, 6.07) is 1.82. The van der Waals surface area contributed by atoms with Crippen LogP contribution in [0.25, 0.3) is 0 Å². The molecule has 0 aromatic carbocycles. The first-order chi connectivity index (χ1) is 7.22. The highest BCUT2D eigenvalue weighted by molar-refractivity contribution is 5.36. The molecule has 0 saturated heterocycles. The molecule has 0 saturated carbocycles. The van der Waals surface area contributed by atoms with Crippen molar-refractivity contribution in [1.29, 1.82) is 0 Å². The normalized spacial score (nSPS) is 10.4.